The van der Waals surface area contributed by atoms with Crippen molar-refractivity contribution in [1.29, 1.82) is 0 Å². The molecule has 1 atom stereocenters. The fourth-order valence-corrected chi connectivity index (χ4v) is 2.32. The van der Waals surface area contributed by atoms with Crippen molar-refractivity contribution < 1.29 is 0 Å². The van der Waals surface area contributed by atoms with E-state index in [9.17, 15) is 0 Å². The Morgan fingerprint density at radius 2 is 1.88 bits per heavy atom. The summed E-state index contributed by atoms with van der Waals surface area (Å²) >= 11 is 0. The van der Waals surface area contributed by atoms with Crippen LogP contribution in [0.3, 0.4) is 0 Å². The monoisotopic (exact) mass is 237 g/mol. The van der Waals surface area contributed by atoms with Gasteiger partial charge >= 0.3 is 0 Å². The molecular formula is C14H27N3. The summed E-state index contributed by atoms with van der Waals surface area (Å²) < 4.78 is 2.17. The first-order chi connectivity index (χ1) is 7.95. The summed E-state index contributed by atoms with van der Waals surface area (Å²) in [5.41, 5.74) is 3.98. The molecule has 0 aliphatic rings. The van der Waals surface area contributed by atoms with Crippen molar-refractivity contribution in [2.24, 2.45) is 11.8 Å². The number of aryl methyl sites for hydroxylation is 1. The zero-order valence-corrected chi connectivity index (χ0v) is 12.2. The van der Waals surface area contributed by atoms with Crippen LogP contribution in [0.5, 0.6) is 0 Å². The summed E-state index contributed by atoms with van der Waals surface area (Å²) in [7, 11) is 2.01. The minimum Gasteiger partial charge on any atom is -0.319 e. The number of hydrogen-bond donors (Lipinski definition) is 1. The predicted octanol–water partition coefficient (Wildman–Crippen LogP) is 2.55. The van der Waals surface area contributed by atoms with Crippen LogP contribution in [0.4, 0.5) is 0 Å². The standard InChI is InChI=1S/C14H27N3/c1-10(2)9-17-13(5)14(12(4)16-17)7-11(3)8-15-6/h10-11,15H,7-9H2,1-6H3. The third-order valence-electron chi connectivity index (χ3n) is 3.17. The van der Waals surface area contributed by atoms with Gasteiger partial charge in [-0.2, -0.15) is 5.10 Å². The van der Waals surface area contributed by atoms with Crippen LogP contribution in [0.1, 0.15) is 37.7 Å². The highest BCUT2D eigenvalue weighted by Crippen LogP contribution is 2.18. The molecule has 1 unspecified atom stereocenters. The molecule has 0 amide bonds. The van der Waals surface area contributed by atoms with Gasteiger partial charge in [0.25, 0.3) is 0 Å². The van der Waals surface area contributed by atoms with E-state index in [1.54, 1.807) is 0 Å². The second kappa shape index (κ2) is 6.20. The number of nitrogens with one attached hydrogen (secondary N) is 1. The molecular weight excluding hydrogens is 210 g/mol. The SMILES string of the molecule is CNCC(C)Cc1c(C)nn(CC(C)C)c1C. The molecule has 1 N–H and O–H groups in total. The van der Waals surface area contributed by atoms with E-state index in [-0.39, 0.29) is 0 Å². The Bertz CT molecular complexity index is 353. The molecule has 1 rings (SSSR count). The Kier molecular flexibility index (Phi) is 5.19. The van der Waals surface area contributed by atoms with Crippen LogP contribution in [-0.4, -0.2) is 23.4 Å². The van der Waals surface area contributed by atoms with Gasteiger partial charge < -0.3 is 5.32 Å². The average Bonchev–Trinajstić information content (AvgIpc) is 2.45. The molecule has 0 aliphatic heterocycles. The molecule has 0 bridgehead atoms. The summed E-state index contributed by atoms with van der Waals surface area (Å²) in [6.45, 7) is 13.2. The molecule has 0 saturated carbocycles. The van der Waals surface area contributed by atoms with Crippen molar-refractivity contribution in [2.75, 3.05) is 13.6 Å². The van der Waals surface area contributed by atoms with Crippen molar-refractivity contribution in [3.05, 3.63) is 17.0 Å². The van der Waals surface area contributed by atoms with Crippen molar-refractivity contribution in [3.63, 3.8) is 0 Å². The van der Waals surface area contributed by atoms with Crippen LogP contribution >= 0.6 is 0 Å². The van der Waals surface area contributed by atoms with E-state index in [1.807, 2.05) is 7.05 Å². The molecule has 1 heterocycles. The van der Waals surface area contributed by atoms with Crippen LogP contribution in [0.25, 0.3) is 0 Å². The van der Waals surface area contributed by atoms with E-state index >= 15 is 0 Å². The second-order valence-electron chi connectivity index (χ2n) is 5.59. The van der Waals surface area contributed by atoms with Gasteiger partial charge in [0.15, 0.2) is 0 Å². The van der Waals surface area contributed by atoms with Gasteiger partial charge in [-0.05, 0) is 51.3 Å². The lowest BCUT2D eigenvalue weighted by atomic mass is 9.99. The van der Waals surface area contributed by atoms with E-state index in [1.165, 1.54) is 17.0 Å². The molecule has 3 nitrogen and oxygen atoms in total. The average molecular weight is 237 g/mol. The van der Waals surface area contributed by atoms with Gasteiger partial charge in [0.2, 0.25) is 0 Å². The topological polar surface area (TPSA) is 29.9 Å². The predicted molar refractivity (Wildman–Crippen MR) is 73.3 cm³/mol. The lowest BCUT2D eigenvalue weighted by Crippen LogP contribution is -2.18. The largest absolute Gasteiger partial charge is 0.319 e. The molecule has 0 aliphatic carbocycles. The Balaban J connectivity index is 2.81. The Morgan fingerprint density at radius 1 is 1.24 bits per heavy atom. The van der Waals surface area contributed by atoms with E-state index in [0.717, 1.165) is 19.5 Å². The molecule has 98 valence electrons. The molecule has 0 spiro atoms. The summed E-state index contributed by atoms with van der Waals surface area (Å²) in [4.78, 5) is 0. The summed E-state index contributed by atoms with van der Waals surface area (Å²) in [5, 5.41) is 7.90. The minimum atomic E-state index is 0.649. The normalized spacial score (nSPS) is 13.4. The first kappa shape index (κ1) is 14.2. The van der Waals surface area contributed by atoms with E-state index < -0.39 is 0 Å². The molecule has 1 aromatic heterocycles. The molecule has 0 radical (unpaired) electrons. The van der Waals surface area contributed by atoms with Gasteiger partial charge in [-0.1, -0.05) is 20.8 Å². The first-order valence-electron chi connectivity index (χ1n) is 6.63. The van der Waals surface area contributed by atoms with Crippen LogP contribution in [0.2, 0.25) is 0 Å². The molecule has 0 fully saturated rings. The van der Waals surface area contributed by atoms with Gasteiger partial charge in [0, 0.05) is 12.2 Å². The lowest BCUT2D eigenvalue weighted by Gasteiger charge is -2.12. The second-order valence-corrected chi connectivity index (χ2v) is 5.59. The van der Waals surface area contributed by atoms with Crippen LogP contribution in [0, 0.1) is 25.7 Å². The number of rotatable bonds is 6. The van der Waals surface area contributed by atoms with Gasteiger partial charge in [-0.3, -0.25) is 4.68 Å². The maximum atomic E-state index is 4.66. The summed E-state index contributed by atoms with van der Waals surface area (Å²) in [6, 6.07) is 0. The fourth-order valence-electron chi connectivity index (χ4n) is 2.32. The lowest BCUT2D eigenvalue weighted by molar-refractivity contribution is 0.471. The first-order valence-corrected chi connectivity index (χ1v) is 6.63. The van der Waals surface area contributed by atoms with Crippen LogP contribution in [-0.2, 0) is 13.0 Å². The number of hydrogen-bond acceptors (Lipinski definition) is 2. The van der Waals surface area contributed by atoms with Crippen molar-refractivity contribution in [2.45, 2.75) is 47.6 Å². The van der Waals surface area contributed by atoms with E-state index in [0.29, 0.717) is 11.8 Å². The molecule has 3 heteroatoms. The minimum absolute atomic E-state index is 0.649. The number of aromatic nitrogens is 2. The van der Waals surface area contributed by atoms with Crippen LogP contribution in [0.15, 0.2) is 0 Å². The quantitative estimate of drug-likeness (QED) is 0.824. The Morgan fingerprint density at radius 3 is 2.41 bits per heavy atom. The van der Waals surface area contributed by atoms with Gasteiger partial charge in [0.1, 0.15) is 0 Å². The zero-order chi connectivity index (χ0) is 13.0. The van der Waals surface area contributed by atoms with E-state index in [2.05, 4.69) is 49.7 Å². The zero-order valence-electron chi connectivity index (χ0n) is 12.2. The van der Waals surface area contributed by atoms with E-state index in [4.69, 9.17) is 0 Å². The van der Waals surface area contributed by atoms with Crippen molar-refractivity contribution in [3.8, 4) is 0 Å². The maximum absolute atomic E-state index is 4.66. The molecule has 0 saturated heterocycles. The van der Waals surface area contributed by atoms with Gasteiger partial charge in [0.05, 0.1) is 5.69 Å². The number of nitrogens with zero attached hydrogens (tertiary/aromatic N) is 2. The molecule has 17 heavy (non-hydrogen) atoms. The Hall–Kier alpha value is -0.830. The van der Waals surface area contributed by atoms with Gasteiger partial charge in [-0.15, -0.1) is 0 Å². The maximum Gasteiger partial charge on any atom is 0.0628 e. The van der Waals surface area contributed by atoms with Crippen molar-refractivity contribution in [1.82, 2.24) is 15.1 Å². The highest BCUT2D eigenvalue weighted by molar-refractivity contribution is 5.25. The Labute approximate surface area is 106 Å². The highest BCUT2D eigenvalue weighted by Gasteiger charge is 2.14. The van der Waals surface area contributed by atoms with Gasteiger partial charge in [-0.25, -0.2) is 0 Å². The van der Waals surface area contributed by atoms with Crippen LogP contribution < -0.4 is 5.32 Å². The summed E-state index contributed by atoms with van der Waals surface area (Å²) in [6.07, 6.45) is 1.12. The third kappa shape index (κ3) is 3.84. The third-order valence-corrected chi connectivity index (χ3v) is 3.17. The van der Waals surface area contributed by atoms with Crippen molar-refractivity contribution >= 4 is 0 Å². The fraction of sp³-hybridized carbons (Fsp3) is 0.786. The highest BCUT2D eigenvalue weighted by atomic mass is 15.3. The smallest absolute Gasteiger partial charge is 0.0628 e. The molecule has 1 aromatic rings. The molecule has 0 aromatic carbocycles. The summed E-state index contributed by atoms with van der Waals surface area (Å²) in [5.74, 6) is 1.31.